The second-order valence-corrected chi connectivity index (χ2v) is 9.21. The molecule has 2 aromatic rings. The highest BCUT2D eigenvalue weighted by Gasteiger charge is 2.44. The summed E-state index contributed by atoms with van der Waals surface area (Å²) in [7, 11) is 1.59. The van der Waals surface area contributed by atoms with Crippen molar-refractivity contribution < 1.29 is 19.1 Å². The van der Waals surface area contributed by atoms with Crippen LogP contribution in [0.5, 0.6) is 5.75 Å². The predicted molar refractivity (Wildman–Crippen MR) is 128 cm³/mol. The van der Waals surface area contributed by atoms with Crippen molar-refractivity contribution in [1.29, 1.82) is 0 Å². The lowest BCUT2D eigenvalue weighted by atomic mass is 10.0. The van der Waals surface area contributed by atoms with Crippen LogP contribution in [0.4, 0.5) is 5.69 Å². The van der Waals surface area contributed by atoms with Gasteiger partial charge in [-0.25, -0.2) is 0 Å². The van der Waals surface area contributed by atoms with Crippen molar-refractivity contribution >= 4 is 23.4 Å². The summed E-state index contributed by atoms with van der Waals surface area (Å²) in [5.74, 6) is 0.660. The van der Waals surface area contributed by atoms with E-state index >= 15 is 0 Å². The minimum atomic E-state index is -0.275. The number of para-hydroxylation sites is 1. The van der Waals surface area contributed by atoms with E-state index in [0.29, 0.717) is 43.7 Å². The third kappa shape index (κ3) is 4.37. The molecule has 0 aromatic heterocycles. The highest BCUT2D eigenvalue weighted by atomic mass is 16.5. The van der Waals surface area contributed by atoms with E-state index in [1.54, 1.807) is 31.4 Å². The van der Waals surface area contributed by atoms with Gasteiger partial charge in [0.25, 0.3) is 5.91 Å². The van der Waals surface area contributed by atoms with Gasteiger partial charge < -0.3 is 20.3 Å². The van der Waals surface area contributed by atoms with Crippen LogP contribution in [0.3, 0.4) is 0 Å². The van der Waals surface area contributed by atoms with Gasteiger partial charge in [-0.2, -0.15) is 0 Å². The molecule has 34 heavy (non-hydrogen) atoms. The Morgan fingerprint density at radius 3 is 2.74 bits per heavy atom. The van der Waals surface area contributed by atoms with Crippen LogP contribution in [0.1, 0.15) is 35.2 Å². The number of rotatable bonds is 6. The van der Waals surface area contributed by atoms with Crippen molar-refractivity contribution in [3.8, 4) is 5.75 Å². The fourth-order valence-corrected chi connectivity index (χ4v) is 5.38. The van der Waals surface area contributed by atoms with Crippen molar-refractivity contribution in [2.75, 3.05) is 31.6 Å². The Bertz CT molecular complexity index is 1090. The summed E-state index contributed by atoms with van der Waals surface area (Å²) in [5.41, 5.74) is 2.80. The number of carbonyl (C=O) groups is 3. The van der Waals surface area contributed by atoms with Gasteiger partial charge in [0, 0.05) is 49.4 Å². The normalized spacial score (nSPS) is 23.7. The number of nitrogens with zero attached hydrogens (tertiary/aromatic N) is 2. The Hall–Kier alpha value is -3.39. The molecular formula is C26H30N4O4. The van der Waals surface area contributed by atoms with Crippen molar-refractivity contribution in [2.45, 2.75) is 43.8 Å². The zero-order valence-corrected chi connectivity index (χ0v) is 19.3. The third-order valence-corrected chi connectivity index (χ3v) is 7.19. The Morgan fingerprint density at radius 2 is 1.94 bits per heavy atom. The SMILES string of the molecule is COc1ccc(C(=O)NC2CC3C(=O)NCC(CCC(=O)N4CCc5ccccc54)N3C2)cc1. The number of nitrogens with one attached hydrogen (secondary N) is 2. The molecule has 2 aromatic carbocycles. The van der Waals surface area contributed by atoms with E-state index in [1.807, 2.05) is 23.1 Å². The monoisotopic (exact) mass is 462 g/mol. The zero-order chi connectivity index (χ0) is 23.7. The van der Waals surface area contributed by atoms with E-state index in [4.69, 9.17) is 4.74 Å². The zero-order valence-electron chi connectivity index (χ0n) is 19.3. The summed E-state index contributed by atoms with van der Waals surface area (Å²) in [4.78, 5) is 42.3. The number of hydrogen-bond donors (Lipinski definition) is 2. The summed E-state index contributed by atoms with van der Waals surface area (Å²) >= 11 is 0. The van der Waals surface area contributed by atoms with Crippen molar-refractivity contribution in [3.05, 3.63) is 59.7 Å². The average molecular weight is 463 g/mol. The van der Waals surface area contributed by atoms with E-state index in [-0.39, 0.29) is 35.8 Å². The number of benzene rings is 2. The van der Waals surface area contributed by atoms with Crippen LogP contribution in [0.2, 0.25) is 0 Å². The van der Waals surface area contributed by atoms with Crippen LogP contribution in [0, 0.1) is 0 Å². The first-order chi connectivity index (χ1) is 16.5. The van der Waals surface area contributed by atoms with Gasteiger partial charge in [-0.15, -0.1) is 0 Å². The molecule has 5 rings (SSSR count). The van der Waals surface area contributed by atoms with E-state index in [2.05, 4.69) is 21.6 Å². The summed E-state index contributed by atoms with van der Waals surface area (Å²) < 4.78 is 5.15. The molecule has 3 atom stereocenters. The number of carbonyl (C=O) groups excluding carboxylic acids is 3. The second-order valence-electron chi connectivity index (χ2n) is 9.21. The number of anilines is 1. The lowest BCUT2D eigenvalue weighted by Crippen LogP contribution is -2.58. The molecule has 0 aliphatic carbocycles. The van der Waals surface area contributed by atoms with E-state index < -0.39 is 0 Å². The molecule has 8 nitrogen and oxygen atoms in total. The minimum absolute atomic E-state index is 0.00255. The topological polar surface area (TPSA) is 91.0 Å². The van der Waals surface area contributed by atoms with E-state index in [9.17, 15) is 14.4 Å². The standard InChI is InChI=1S/C26H30N4O4/c1-34-21-9-6-18(7-10-21)25(32)28-19-14-23-26(33)27-15-20(30(23)16-19)8-11-24(31)29-13-12-17-4-2-3-5-22(17)29/h2-7,9-10,19-20,23H,8,11-16H2,1H3,(H,27,33)(H,28,32). The number of methoxy groups -OCH3 is 1. The largest absolute Gasteiger partial charge is 0.497 e. The molecule has 3 heterocycles. The molecular weight excluding hydrogens is 432 g/mol. The molecule has 3 aliphatic rings. The number of piperazine rings is 1. The maximum Gasteiger partial charge on any atom is 0.251 e. The Labute approximate surface area is 199 Å². The van der Waals surface area contributed by atoms with Gasteiger partial charge in [-0.05, 0) is 55.2 Å². The van der Waals surface area contributed by atoms with Gasteiger partial charge in [0.05, 0.1) is 13.2 Å². The van der Waals surface area contributed by atoms with E-state index in [0.717, 1.165) is 18.7 Å². The minimum Gasteiger partial charge on any atom is -0.497 e. The van der Waals surface area contributed by atoms with Crippen LogP contribution in [-0.4, -0.2) is 67.5 Å². The van der Waals surface area contributed by atoms with Crippen LogP contribution in [0.15, 0.2) is 48.5 Å². The molecule has 3 aliphatic heterocycles. The van der Waals surface area contributed by atoms with Crippen LogP contribution < -0.4 is 20.3 Å². The van der Waals surface area contributed by atoms with Crippen LogP contribution in [-0.2, 0) is 16.0 Å². The summed E-state index contributed by atoms with van der Waals surface area (Å²) in [6.45, 7) is 1.86. The fraction of sp³-hybridized carbons (Fsp3) is 0.423. The number of fused-ring (bicyclic) bond motifs is 2. The summed E-state index contributed by atoms with van der Waals surface area (Å²) in [6.07, 6.45) is 2.57. The van der Waals surface area contributed by atoms with Gasteiger partial charge >= 0.3 is 0 Å². The maximum atomic E-state index is 13.0. The quantitative estimate of drug-likeness (QED) is 0.683. The Morgan fingerprint density at radius 1 is 1.15 bits per heavy atom. The van der Waals surface area contributed by atoms with Gasteiger partial charge in [0.15, 0.2) is 0 Å². The molecule has 3 unspecified atom stereocenters. The van der Waals surface area contributed by atoms with Crippen molar-refractivity contribution in [1.82, 2.24) is 15.5 Å². The summed E-state index contributed by atoms with van der Waals surface area (Å²) in [5, 5.41) is 6.07. The number of amides is 3. The van der Waals surface area contributed by atoms with Crippen LogP contribution >= 0.6 is 0 Å². The smallest absolute Gasteiger partial charge is 0.251 e. The second kappa shape index (κ2) is 9.46. The van der Waals surface area contributed by atoms with Gasteiger partial charge in [-0.1, -0.05) is 18.2 Å². The molecule has 2 saturated heterocycles. The lowest BCUT2D eigenvalue weighted by molar-refractivity contribution is -0.129. The molecule has 0 saturated carbocycles. The highest BCUT2D eigenvalue weighted by Crippen LogP contribution is 2.30. The molecule has 3 amide bonds. The first-order valence-electron chi connectivity index (χ1n) is 11.9. The van der Waals surface area contributed by atoms with Crippen molar-refractivity contribution in [2.24, 2.45) is 0 Å². The molecule has 0 bridgehead atoms. The third-order valence-electron chi connectivity index (χ3n) is 7.19. The average Bonchev–Trinajstić information content (AvgIpc) is 3.48. The molecule has 2 N–H and O–H groups in total. The maximum absolute atomic E-state index is 13.0. The first kappa shape index (κ1) is 22.4. The molecule has 8 heteroatoms. The van der Waals surface area contributed by atoms with Crippen molar-refractivity contribution in [3.63, 3.8) is 0 Å². The fourth-order valence-electron chi connectivity index (χ4n) is 5.38. The van der Waals surface area contributed by atoms with E-state index in [1.165, 1.54) is 5.56 Å². The molecule has 0 spiro atoms. The molecule has 178 valence electrons. The summed E-state index contributed by atoms with van der Waals surface area (Å²) in [6, 6.07) is 14.7. The Kier molecular flexibility index (Phi) is 6.24. The molecule has 0 radical (unpaired) electrons. The number of hydrogen-bond acceptors (Lipinski definition) is 5. The van der Waals surface area contributed by atoms with Gasteiger partial charge in [-0.3, -0.25) is 19.3 Å². The molecule has 2 fully saturated rings. The van der Waals surface area contributed by atoms with Gasteiger partial charge in [0.2, 0.25) is 11.8 Å². The highest BCUT2D eigenvalue weighted by molar-refractivity contribution is 5.96. The first-order valence-corrected chi connectivity index (χ1v) is 11.9. The number of ether oxygens (including phenoxy) is 1. The van der Waals surface area contributed by atoms with Crippen LogP contribution in [0.25, 0.3) is 0 Å². The lowest BCUT2D eigenvalue weighted by Gasteiger charge is -2.37. The Balaban J connectivity index is 1.19. The predicted octanol–water partition coefficient (Wildman–Crippen LogP) is 1.74. The van der Waals surface area contributed by atoms with Gasteiger partial charge in [0.1, 0.15) is 5.75 Å².